The van der Waals surface area contributed by atoms with Crippen LogP contribution in [0.2, 0.25) is 0 Å². The molecule has 0 aliphatic carbocycles. The number of aromatic nitrogens is 2. The Hall–Kier alpha value is -1.76. The molecular weight excluding hydrogens is 142 g/mol. The summed E-state index contributed by atoms with van der Waals surface area (Å²) in [5.41, 5.74) is 5.28. The molecule has 0 unspecified atom stereocenters. The summed E-state index contributed by atoms with van der Waals surface area (Å²) in [5.74, 6) is 2.89. The lowest BCUT2D eigenvalue weighted by atomic mass is 10.6. The Morgan fingerprint density at radius 3 is 3.18 bits per heavy atom. The number of hydrogen-bond acceptors (Lipinski definition) is 4. The second-order valence-electron chi connectivity index (χ2n) is 1.75. The van der Waals surface area contributed by atoms with Crippen molar-refractivity contribution in [2.24, 2.45) is 0 Å². The standard InChI is InChI=1S/C7H7N3O/c1-2-5-11-6-3-4-9-7(8)10-6/h1,3-4H,5H2,(H2,8,9,10). The van der Waals surface area contributed by atoms with E-state index >= 15 is 0 Å². The van der Waals surface area contributed by atoms with Crippen LogP contribution < -0.4 is 10.5 Å². The molecule has 0 aliphatic rings. The van der Waals surface area contributed by atoms with E-state index < -0.39 is 0 Å². The van der Waals surface area contributed by atoms with Gasteiger partial charge in [-0.3, -0.25) is 0 Å². The molecule has 0 spiro atoms. The lowest BCUT2D eigenvalue weighted by molar-refractivity contribution is 0.355. The van der Waals surface area contributed by atoms with Crippen LogP contribution in [-0.2, 0) is 0 Å². The smallest absolute Gasteiger partial charge is 0.223 e. The van der Waals surface area contributed by atoms with E-state index in [1.54, 1.807) is 6.07 Å². The highest BCUT2D eigenvalue weighted by atomic mass is 16.5. The highest BCUT2D eigenvalue weighted by molar-refractivity contribution is 5.20. The van der Waals surface area contributed by atoms with E-state index in [0.717, 1.165) is 0 Å². The summed E-state index contributed by atoms with van der Waals surface area (Å²) in [6.45, 7) is 0.191. The third-order valence-electron chi connectivity index (χ3n) is 0.952. The molecule has 1 heterocycles. The summed E-state index contributed by atoms with van der Waals surface area (Å²) >= 11 is 0. The third kappa shape index (κ3) is 2.14. The van der Waals surface area contributed by atoms with Gasteiger partial charge in [0.15, 0.2) is 6.61 Å². The maximum atomic E-state index is 5.28. The number of hydrogen-bond donors (Lipinski definition) is 1. The second kappa shape index (κ2) is 3.42. The zero-order chi connectivity index (χ0) is 8.10. The van der Waals surface area contributed by atoms with Crippen molar-refractivity contribution in [1.82, 2.24) is 9.97 Å². The van der Waals surface area contributed by atoms with E-state index in [2.05, 4.69) is 15.9 Å². The summed E-state index contributed by atoms with van der Waals surface area (Å²) in [7, 11) is 0. The first-order chi connectivity index (χ1) is 5.33. The van der Waals surface area contributed by atoms with Gasteiger partial charge in [0.25, 0.3) is 0 Å². The largest absolute Gasteiger partial charge is 0.464 e. The van der Waals surface area contributed by atoms with Gasteiger partial charge in [-0.1, -0.05) is 5.92 Å². The Morgan fingerprint density at radius 2 is 2.55 bits per heavy atom. The van der Waals surface area contributed by atoms with Gasteiger partial charge in [0.05, 0.1) is 0 Å². The number of nitrogens with zero attached hydrogens (tertiary/aromatic N) is 2. The first kappa shape index (κ1) is 7.35. The summed E-state index contributed by atoms with van der Waals surface area (Å²) in [6.07, 6.45) is 6.47. The quantitative estimate of drug-likeness (QED) is 0.604. The number of nitrogens with two attached hydrogens (primary N) is 1. The van der Waals surface area contributed by atoms with Gasteiger partial charge in [0, 0.05) is 12.3 Å². The Bertz CT molecular complexity index is 279. The lowest BCUT2D eigenvalue weighted by Gasteiger charge is -1.99. The van der Waals surface area contributed by atoms with Gasteiger partial charge < -0.3 is 10.5 Å². The molecule has 0 bridgehead atoms. The van der Waals surface area contributed by atoms with E-state index in [1.165, 1.54) is 6.20 Å². The number of anilines is 1. The van der Waals surface area contributed by atoms with Crippen LogP contribution >= 0.6 is 0 Å². The van der Waals surface area contributed by atoms with Crippen molar-refractivity contribution in [3.63, 3.8) is 0 Å². The molecule has 1 rings (SSSR count). The molecule has 0 aliphatic heterocycles. The van der Waals surface area contributed by atoms with Gasteiger partial charge >= 0.3 is 0 Å². The van der Waals surface area contributed by atoms with Gasteiger partial charge in [0.1, 0.15) is 0 Å². The van der Waals surface area contributed by atoms with Gasteiger partial charge in [-0.25, -0.2) is 4.98 Å². The molecular formula is C7H7N3O. The van der Waals surface area contributed by atoms with Gasteiger partial charge in [-0.15, -0.1) is 6.42 Å². The SMILES string of the molecule is C#CCOc1ccnc(N)n1. The first-order valence-electron chi connectivity index (χ1n) is 2.97. The predicted octanol–water partition coefficient (Wildman–Crippen LogP) is 0.0708. The molecule has 0 fully saturated rings. The van der Waals surface area contributed by atoms with Crippen molar-refractivity contribution >= 4 is 5.95 Å². The monoisotopic (exact) mass is 149 g/mol. The number of rotatable bonds is 2. The molecule has 0 saturated heterocycles. The zero-order valence-electron chi connectivity index (χ0n) is 5.82. The Kier molecular flexibility index (Phi) is 2.28. The van der Waals surface area contributed by atoms with Crippen LogP contribution in [0.4, 0.5) is 5.95 Å². The molecule has 11 heavy (non-hydrogen) atoms. The van der Waals surface area contributed by atoms with Crippen LogP contribution in [0.3, 0.4) is 0 Å². The Morgan fingerprint density at radius 1 is 1.73 bits per heavy atom. The van der Waals surface area contributed by atoms with E-state index in [4.69, 9.17) is 16.9 Å². The van der Waals surface area contributed by atoms with Gasteiger partial charge in [-0.2, -0.15) is 4.98 Å². The van der Waals surface area contributed by atoms with Crippen LogP contribution in [0.15, 0.2) is 12.3 Å². The van der Waals surface area contributed by atoms with Crippen LogP contribution in [0.5, 0.6) is 5.88 Å². The normalized spacial score (nSPS) is 8.64. The fourth-order valence-corrected chi connectivity index (χ4v) is 0.552. The highest BCUT2D eigenvalue weighted by Gasteiger charge is 1.93. The van der Waals surface area contributed by atoms with E-state index in [0.29, 0.717) is 5.88 Å². The minimum atomic E-state index is 0.180. The molecule has 0 amide bonds. The minimum absolute atomic E-state index is 0.180. The van der Waals surface area contributed by atoms with Crippen LogP contribution in [0, 0.1) is 12.3 Å². The topological polar surface area (TPSA) is 61.0 Å². The minimum Gasteiger partial charge on any atom is -0.464 e. The Labute approximate surface area is 64.4 Å². The fraction of sp³-hybridized carbons (Fsp3) is 0.143. The predicted molar refractivity (Wildman–Crippen MR) is 40.8 cm³/mol. The molecule has 0 radical (unpaired) electrons. The molecule has 0 atom stereocenters. The Balaban J connectivity index is 2.65. The molecule has 0 aromatic carbocycles. The van der Waals surface area contributed by atoms with Crippen LogP contribution in [-0.4, -0.2) is 16.6 Å². The maximum absolute atomic E-state index is 5.28. The summed E-state index contributed by atoms with van der Waals surface area (Å²) in [4.78, 5) is 7.44. The molecule has 0 saturated carbocycles. The average molecular weight is 149 g/mol. The van der Waals surface area contributed by atoms with E-state index in [-0.39, 0.29) is 12.6 Å². The van der Waals surface area contributed by atoms with Crippen molar-refractivity contribution in [3.8, 4) is 18.2 Å². The first-order valence-corrected chi connectivity index (χ1v) is 2.97. The van der Waals surface area contributed by atoms with Crippen LogP contribution in [0.25, 0.3) is 0 Å². The highest BCUT2D eigenvalue weighted by Crippen LogP contribution is 2.04. The molecule has 4 heteroatoms. The molecule has 2 N–H and O–H groups in total. The second-order valence-corrected chi connectivity index (χ2v) is 1.75. The number of ether oxygens (including phenoxy) is 1. The van der Waals surface area contributed by atoms with Gasteiger partial charge in [0.2, 0.25) is 11.8 Å². The van der Waals surface area contributed by atoms with E-state index in [9.17, 15) is 0 Å². The molecule has 1 aromatic heterocycles. The summed E-state index contributed by atoms with van der Waals surface area (Å²) in [6, 6.07) is 1.59. The maximum Gasteiger partial charge on any atom is 0.223 e. The molecule has 4 nitrogen and oxygen atoms in total. The van der Waals surface area contributed by atoms with Gasteiger partial charge in [-0.05, 0) is 0 Å². The van der Waals surface area contributed by atoms with Crippen molar-refractivity contribution in [3.05, 3.63) is 12.3 Å². The summed E-state index contributed by atoms with van der Waals surface area (Å²) < 4.78 is 4.97. The number of terminal acetylenes is 1. The van der Waals surface area contributed by atoms with Crippen LogP contribution in [0.1, 0.15) is 0 Å². The van der Waals surface area contributed by atoms with Crippen molar-refractivity contribution in [1.29, 1.82) is 0 Å². The fourth-order valence-electron chi connectivity index (χ4n) is 0.552. The lowest BCUT2D eigenvalue weighted by Crippen LogP contribution is -1.99. The van der Waals surface area contributed by atoms with Crippen molar-refractivity contribution < 1.29 is 4.74 Å². The third-order valence-corrected chi connectivity index (χ3v) is 0.952. The number of nitrogen functional groups attached to an aromatic ring is 1. The molecule has 1 aromatic rings. The molecule has 56 valence electrons. The zero-order valence-corrected chi connectivity index (χ0v) is 5.82. The van der Waals surface area contributed by atoms with E-state index in [1.807, 2.05) is 0 Å². The summed E-state index contributed by atoms with van der Waals surface area (Å²) in [5, 5.41) is 0. The average Bonchev–Trinajstić information content (AvgIpc) is 2.01. The van der Waals surface area contributed by atoms with Crippen molar-refractivity contribution in [2.45, 2.75) is 0 Å². The van der Waals surface area contributed by atoms with Crippen molar-refractivity contribution in [2.75, 3.05) is 12.3 Å².